The zero-order chi connectivity index (χ0) is 12.8. The van der Waals surface area contributed by atoms with Gasteiger partial charge in [0.15, 0.2) is 0 Å². The van der Waals surface area contributed by atoms with E-state index < -0.39 is 5.78 Å². The van der Waals surface area contributed by atoms with Crippen LogP contribution in [0.25, 0.3) is 6.08 Å². The van der Waals surface area contributed by atoms with Crippen molar-refractivity contribution >= 4 is 17.8 Å². The second-order valence-corrected chi connectivity index (χ2v) is 4.46. The lowest BCUT2D eigenvalue weighted by atomic mass is 10.1. The minimum absolute atomic E-state index is 0.373. The number of rotatable bonds is 3. The number of benzene rings is 1. The Labute approximate surface area is 107 Å². The van der Waals surface area contributed by atoms with Crippen molar-refractivity contribution in [3.63, 3.8) is 0 Å². The number of hydrogen-bond acceptors (Lipinski definition) is 2. The maximum absolute atomic E-state index is 11.8. The summed E-state index contributed by atoms with van der Waals surface area (Å²) in [5.41, 5.74) is 0.928. The second kappa shape index (κ2) is 6.15. The normalized spacial score (nSPS) is 15.9. The predicted octanol–water partition coefficient (Wildman–Crippen LogP) is 2.28. The van der Waals surface area contributed by atoms with Gasteiger partial charge >= 0.3 is 0 Å². The van der Waals surface area contributed by atoms with Crippen LogP contribution in [-0.4, -0.2) is 29.7 Å². The van der Waals surface area contributed by atoms with Gasteiger partial charge in [-0.2, -0.15) is 0 Å². The summed E-state index contributed by atoms with van der Waals surface area (Å²) in [6.45, 7) is 1.42. The van der Waals surface area contributed by atoms with Gasteiger partial charge in [0.2, 0.25) is 5.78 Å². The second-order valence-electron chi connectivity index (χ2n) is 4.46. The molecule has 94 valence electrons. The van der Waals surface area contributed by atoms with E-state index in [4.69, 9.17) is 0 Å². The molecule has 1 aliphatic heterocycles. The summed E-state index contributed by atoms with van der Waals surface area (Å²) in [7, 11) is 0. The third-order valence-corrected chi connectivity index (χ3v) is 3.08. The Morgan fingerprint density at radius 1 is 1.00 bits per heavy atom. The van der Waals surface area contributed by atoms with E-state index in [1.54, 1.807) is 11.0 Å². The number of nitrogens with zero attached hydrogens (tertiary/aromatic N) is 1. The molecule has 1 amide bonds. The van der Waals surface area contributed by atoms with Crippen molar-refractivity contribution in [3.8, 4) is 0 Å². The number of hydrogen-bond donors (Lipinski definition) is 0. The SMILES string of the molecule is O=C(C=Cc1ccccc1)C(=O)N1CCCCC1. The van der Waals surface area contributed by atoms with E-state index >= 15 is 0 Å². The molecule has 0 atom stereocenters. The van der Waals surface area contributed by atoms with Gasteiger partial charge in [0.25, 0.3) is 5.91 Å². The Morgan fingerprint density at radius 2 is 1.67 bits per heavy atom. The van der Waals surface area contributed by atoms with Crippen LogP contribution in [0.1, 0.15) is 24.8 Å². The predicted molar refractivity (Wildman–Crippen MR) is 70.9 cm³/mol. The molecule has 0 saturated carbocycles. The highest BCUT2D eigenvalue weighted by Gasteiger charge is 2.20. The van der Waals surface area contributed by atoms with Crippen LogP contribution in [0.3, 0.4) is 0 Å². The first kappa shape index (κ1) is 12.6. The van der Waals surface area contributed by atoms with Gasteiger partial charge in [0, 0.05) is 13.1 Å². The van der Waals surface area contributed by atoms with Crippen LogP contribution in [-0.2, 0) is 9.59 Å². The summed E-state index contributed by atoms with van der Waals surface area (Å²) in [4.78, 5) is 25.2. The Bertz CT molecular complexity index is 445. The molecule has 1 aliphatic rings. The molecule has 18 heavy (non-hydrogen) atoms. The van der Waals surface area contributed by atoms with Gasteiger partial charge in [0.1, 0.15) is 0 Å². The highest BCUT2D eigenvalue weighted by Crippen LogP contribution is 2.09. The smallest absolute Gasteiger partial charge is 0.294 e. The average molecular weight is 243 g/mol. The molecule has 0 bridgehead atoms. The third-order valence-electron chi connectivity index (χ3n) is 3.08. The monoisotopic (exact) mass is 243 g/mol. The quantitative estimate of drug-likeness (QED) is 0.603. The fourth-order valence-corrected chi connectivity index (χ4v) is 2.06. The van der Waals surface area contributed by atoms with Gasteiger partial charge in [-0.05, 0) is 30.9 Å². The van der Waals surface area contributed by atoms with Crippen molar-refractivity contribution < 1.29 is 9.59 Å². The lowest BCUT2D eigenvalue weighted by molar-refractivity contribution is -0.142. The fraction of sp³-hybridized carbons (Fsp3) is 0.333. The summed E-state index contributed by atoms with van der Waals surface area (Å²) in [5, 5.41) is 0. The summed E-state index contributed by atoms with van der Waals surface area (Å²) >= 11 is 0. The molecule has 1 heterocycles. The minimum Gasteiger partial charge on any atom is -0.336 e. The maximum atomic E-state index is 11.8. The van der Waals surface area contributed by atoms with Crippen molar-refractivity contribution in [3.05, 3.63) is 42.0 Å². The van der Waals surface area contributed by atoms with Crippen LogP contribution >= 0.6 is 0 Å². The molecule has 2 rings (SSSR count). The average Bonchev–Trinajstić information content (AvgIpc) is 2.46. The summed E-state index contributed by atoms with van der Waals surface area (Å²) in [6.07, 6.45) is 6.21. The molecule has 1 aromatic carbocycles. The first-order valence-electron chi connectivity index (χ1n) is 6.34. The zero-order valence-electron chi connectivity index (χ0n) is 10.3. The molecular weight excluding hydrogens is 226 g/mol. The van der Waals surface area contributed by atoms with E-state index in [2.05, 4.69) is 0 Å². The van der Waals surface area contributed by atoms with E-state index in [9.17, 15) is 9.59 Å². The highest BCUT2D eigenvalue weighted by molar-refractivity contribution is 6.41. The van der Waals surface area contributed by atoms with Gasteiger partial charge in [-0.25, -0.2) is 0 Å². The standard InChI is InChI=1S/C15H17NO2/c17-14(10-9-13-7-3-1-4-8-13)15(18)16-11-5-2-6-12-16/h1,3-4,7-10H,2,5-6,11-12H2. The number of likely N-dealkylation sites (tertiary alicyclic amines) is 1. The van der Waals surface area contributed by atoms with Crippen molar-refractivity contribution in [2.75, 3.05) is 13.1 Å². The molecule has 0 radical (unpaired) electrons. The first-order valence-corrected chi connectivity index (χ1v) is 6.34. The van der Waals surface area contributed by atoms with Gasteiger partial charge in [-0.15, -0.1) is 0 Å². The highest BCUT2D eigenvalue weighted by atomic mass is 16.2. The lowest BCUT2D eigenvalue weighted by Gasteiger charge is -2.25. The van der Waals surface area contributed by atoms with Crippen molar-refractivity contribution in [1.29, 1.82) is 0 Å². The van der Waals surface area contributed by atoms with Crippen molar-refractivity contribution in [1.82, 2.24) is 4.90 Å². The molecule has 0 aliphatic carbocycles. The Morgan fingerprint density at radius 3 is 2.33 bits per heavy atom. The number of amides is 1. The molecule has 0 unspecified atom stereocenters. The Kier molecular flexibility index (Phi) is 4.29. The molecular formula is C15H17NO2. The Balaban J connectivity index is 1.95. The zero-order valence-corrected chi connectivity index (χ0v) is 10.3. The van der Waals surface area contributed by atoms with Crippen LogP contribution < -0.4 is 0 Å². The molecule has 3 heteroatoms. The number of carbonyl (C=O) groups excluding carboxylic acids is 2. The van der Waals surface area contributed by atoms with E-state index in [1.165, 1.54) is 6.08 Å². The number of ketones is 1. The van der Waals surface area contributed by atoms with E-state index in [1.807, 2.05) is 30.3 Å². The van der Waals surface area contributed by atoms with Crippen LogP contribution in [0.5, 0.6) is 0 Å². The lowest BCUT2D eigenvalue weighted by Crippen LogP contribution is -2.39. The molecule has 1 saturated heterocycles. The third kappa shape index (κ3) is 3.29. The molecule has 1 fully saturated rings. The maximum Gasteiger partial charge on any atom is 0.294 e. The van der Waals surface area contributed by atoms with Crippen LogP contribution in [0.15, 0.2) is 36.4 Å². The van der Waals surface area contributed by atoms with Gasteiger partial charge in [-0.1, -0.05) is 36.4 Å². The van der Waals surface area contributed by atoms with Crippen LogP contribution in [0.2, 0.25) is 0 Å². The largest absolute Gasteiger partial charge is 0.336 e. The van der Waals surface area contributed by atoms with E-state index in [0.717, 1.165) is 24.8 Å². The van der Waals surface area contributed by atoms with Crippen LogP contribution in [0.4, 0.5) is 0 Å². The topological polar surface area (TPSA) is 37.4 Å². The summed E-state index contributed by atoms with van der Waals surface area (Å²) < 4.78 is 0. The Hall–Kier alpha value is -1.90. The molecule has 0 N–H and O–H groups in total. The van der Waals surface area contributed by atoms with Gasteiger partial charge in [-0.3, -0.25) is 9.59 Å². The first-order chi connectivity index (χ1) is 8.77. The van der Waals surface area contributed by atoms with Gasteiger partial charge in [0.05, 0.1) is 0 Å². The summed E-state index contributed by atoms with van der Waals surface area (Å²) in [6, 6.07) is 9.51. The van der Waals surface area contributed by atoms with E-state index in [-0.39, 0.29) is 5.91 Å². The van der Waals surface area contributed by atoms with Gasteiger partial charge < -0.3 is 4.90 Å². The fourth-order valence-electron chi connectivity index (χ4n) is 2.06. The number of piperidine rings is 1. The van der Waals surface area contributed by atoms with Crippen molar-refractivity contribution in [2.24, 2.45) is 0 Å². The van der Waals surface area contributed by atoms with Crippen LogP contribution in [0, 0.1) is 0 Å². The molecule has 3 nitrogen and oxygen atoms in total. The summed E-state index contributed by atoms with van der Waals surface area (Å²) in [5.74, 6) is -0.803. The van der Waals surface area contributed by atoms with E-state index in [0.29, 0.717) is 13.1 Å². The molecule has 1 aromatic rings. The molecule has 0 aromatic heterocycles. The minimum atomic E-state index is -0.430. The molecule has 0 spiro atoms. The van der Waals surface area contributed by atoms with Crippen molar-refractivity contribution in [2.45, 2.75) is 19.3 Å². The number of carbonyl (C=O) groups is 2.